The van der Waals surface area contributed by atoms with Crippen molar-refractivity contribution in [3.05, 3.63) is 28.4 Å². The number of carbonyl (C=O) groups is 1. The van der Waals surface area contributed by atoms with Crippen molar-refractivity contribution < 1.29 is 9.90 Å². The molecular weight excluding hydrogens is 262 g/mol. The van der Waals surface area contributed by atoms with E-state index in [1.807, 2.05) is 6.07 Å². The van der Waals surface area contributed by atoms with E-state index in [1.165, 1.54) is 0 Å². The zero-order valence-corrected chi connectivity index (χ0v) is 9.15. The molecule has 15 heavy (non-hydrogen) atoms. The van der Waals surface area contributed by atoms with Crippen molar-refractivity contribution in [1.29, 1.82) is 0 Å². The Morgan fingerprint density at radius 3 is 3.00 bits per heavy atom. The first-order valence-electron chi connectivity index (χ1n) is 4.22. The third kappa shape index (κ3) is 1.62. The van der Waals surface area contributed by atoms with E-state index in [2.05, 4.69) is 26.1 Å². The van der Waals surface area contributed by atoms with Gasteiger partial charge in [0.1, 0.15) is 11.6 Å². The average Bonchev–Trinajstić information content (AvgIpc) is 2.61. The predicted molar refractivity (Wildman–Crippen MR) is 58.4 cm³/mol. The second-order valence-electron chi connectivity index (χ2n) is 3.09. The van der Waals surface area contributed by atoms with Crippen LogP contribution in [0.2, 0.25) is 0 Å². The summed E-state index contributed by atoms with van der Waals surface area (Å²) < 4.78 is 0.806. The molecule has 1 unspecified atom stereocenters. The van der Waals surface area contributed by atoms with Gasteiger partial charge < -0.3 is 10.8 Å². The molecule has 0 fully saturated rings. The molecule has 0 saturated carbocycles. The number of fused-ring (bicyclic) bond motifs is 1. The second kappa shape index (κ2) is 3.63. The van der Waals surface area contributed by atoms with Crippen LogP contribution in [0.25, 0.3) is 10.9 Å². The highest BCUT2D eigenvalue weighted by molar-refractivity contribution is 9.10. The van der Waals surface area contributed by atoms with Crippen molar-refractivity contribution in [3.8, 4) is 0 Å². The third-order valence-corrected chi connectivity index (χ3v) is 2.78. The highest BCUT2D eigenvalue weighted by Gasteiger charge is 2.19. The lowest BCUT2D eigenvalue weighted by Crippen LogP contribution is -2.21. The Labute approximate surface area is 93.4 Å². The number of halogens is 1. The molecule has 0 aliphatic heterocycles. The fraction of sp³-hybridized carbons (Fsp3) is 0.111. The Bertz CT molecular complexity index is 523. The van der Waals surface area contributed by atoms with E-state index in [9.17, 15) is 4.79 Å². The molecular formula is C9H8BrN3O2. The van der Waals surface area contributed by atoms with E-state index < -0.39 is 12.0 Å². The summed E-state index contributed by atoms with van der Waals surface area (Å²) in [7, 11) is 0. The highest BCUT2D eigenvalue weighted by Crippen LogP contribution is 2.26. The molecule has 0 radical (unpaired) electrons. The van der Waals surface area contributed by atoms with Crippen molar-refractivity contribution in [2.24, 2.45) is 5.73 Å². The summed E-state index contributed by atoms with van der Waals surface area (Å²) in [6.45, 7) is 0. The minimum atomic E-state index is -1.08. The van der Waals surface area contributed by atoms with Crippen LogP contribution in [0.1, 0.15) is 11.7 Å². The largest absolute Gasteiger partial charge is 0.480 e. The molecule has 2 aromatic rings. The molecule has 0 amide bonds. The van der Waals surface area contributed by atoms with E-state index in [4.69, 9.17) is 10.8 Å². The zero-order valence-electron chi connectivity index (χ0n) is 7.57. The van der Waals surface area contributed by atoms with Crippen LogP contribution < -0.4 is 5.73 Å². The number of aromatic nitrogens is 2. The van der Waals surface area contributed by atoms with Crippen LogP contribution in [-0.4, -0.2) is 21.3 Å². The fourth-order valence-corrected chi connectivity index (χ4v) is 1.84. The van der Waals surface area contributed by atoms with E-state index in [0.717, 1.165) is 9.86 Å². The molecule has 1 aromatic carbocycles. The summed E-state index contributed by atoms with van der Waals surface area (Å²) in [5, 5.41) is 16.2. The molecule has 1 heterocycles. The summed E-state index contributed by atoms with van der Waals surface area (Å²) in [4.78, 5) is 10.7. The van der Waals surface area contributed by atoms with Gasteiger partial charge >= 0.3 is 5.97 Å². The average molecular weight is 270 g/mol. The van der Waals surface area contributed by atoms with E-state index in [-0.39, 0.29) is 0 Å². The first-order valence-corrected chi connectivity index (χ1v) is 5.01. The van der Waals surface area contributed by atoms with Crippen molar-refractivity contribution >= 4 is 32.8 Å². The predicted octanol–water partition coefficient (Wildman–Crippen LogP) is 1.41. The van der Waals surface area contributed by atoms with Crippen LogP contribution in [0.5, 0.6) is 0 Å². The Morgan fingerprint density at radius 2 is 2.33 bits per heavy atom. The van der Waals surface area contributed by atoms with Gasteiger partial charge in [0.25, 0.3) is 0 Å². The highest BCUT2D eigenvalue weighted by atomic mass is 79.9. The fourth-order valence-electron chi connectivity index (χ4n) is 1.38. The molecule has 4 N–H and O–H groups in total. The van der Waals surface area contributed by atoms with Gasteiger partial charge in [-0.25, -0.2) is 0 Å². The number of H-pyrrole nitrogens is 1. The summed E-state index contributed by atoms with van der Waals surface area (Å²) in [6, 6.07) is 4.34. The number of hydrogen-bond donors (Lipinski definition) is 3. The number of para-hydroxylation sites is 1. The molecule has 0 bridgehead atoms. The zero-order chi connectivity index (χ0) is 11.0. The molecule has 1 aromatic heterocycles. The Kier molecular flexibility index (Phi) is 2.45. The smallest absolute Gasteiger partial charge is 0.326 e. The number of benzene rings is 1. The minimum Gasteiger partial charge on any atom is -0.480 e. The van der Waals surface area contributed by atoms with E-state index in [1.54, 1.807) is 12.1 Å². The molecule has 1 atom stereocenters. The second-order valence-corrected chi connectivity index (χ2v) is 3.94. The lowest BCUT2D eigenvalue weighted by Gasteiger charge is -2.03. The monoisotopic (exact) mass is 269 g/mol. The summed E-state index contributed by atoms with van der Waals surface area (Å²) in [5.74, 6) is -1.08. The van der Waals surface area contributed by atoms with Gasteiger partial charge in [-0.3, -0.25) is 9.89 Å². The van der Waals surface area contributed by atoms with Crippen molar-refractivity contribution in [2.75, 3.05) is 0 Å². The quantitative estimate of drug-likeness (QED) is 0.769. The van der Waals surface area contributed by atoms with Gasteiger partial charge in [-0.15, -0.1) is 0 Å². The van der Waals surface area contributed by atoms with Crippen LogP contribution in [0.15, 0.2) is 22.7 Å². The summed E-state index contributed by atoms with van der Waals surface area (Å²) in [5.41, 5.74) is 6.61. The van der Waals surface area contributed by atoms with Crippen molar-refractivity contribution in [2.45, 2.75) is 6.04 Å². The van der Waals surface area contributed by atoms with Gasteiger partial charge in [0, 0.05) is 9.86 Å². The molecule has 0 spiro atoms. The van der Waals surface area contributed by atoms with Crippen LogP contribution in [-0.2, 0) is 4.79 Å². The van der Waals surface area contributed by atoms with Gasteiger partial charge in [0.15, 0.2) is 0 Å². The Balaban J connectivity index is 2.64. The lowest BCUT2D eigenvalue weighted by molar-refractivity contribution is -0.138. The maximum Gasteiger partial charge on any atom is 0.326 e. The lowest BCUT2D eigenvalue weighted by atomic mass is 10.1. The van der Waals surface area contributed by atoms with Crippen molar-refractivity contribution in [3.63, 3.8) is 0 Å². The van der Waals surface area contributed by atoms with Gasteiger partial charge in [-0.05, 0) is 22.0 Å². The topological polar surface area (TPSA) is 92.0 Å². The number of hydrogen-bond acceptors (Lipinski definition) is 3. The van der Waals surface area contributed by atoms with Gasteiger partial charge in [0.2, 0.25) is 0 Å². The molecule has 78 valence electrons. The number of rotatable bonds is 2. The normalized spacial score (nSPS) is 12.9. The van der Waals surface area contributed by atoms with Crippen LogP contribution in [0.4, 0.5) is 0 Å². The number of carboxylic acids is 1. The maximum absolute atomic E-state index is 10.7. The van der Waals surface area contributed by atoms with Crippen molar-refractivity contribution in [1.82, 2.24) is 10.2 Å². The molecule has 6 heteroatoms. The summed E-state index contributed by atoms with van der Waals surface area (Å²) >= 11 is 3.33. The van der Waals surface area contributed by atoms with Crippen LogP contribution >= 0.6 is 15.9 Å². The number of aromatic amines is 1. The number of nitrogens with one attached hydrogen (secondary N) is 1. The SMILES string of the molecule is NC(C(=O)O)c1[nH]nc2c(Br)cccc12. The standard InChI is InChI=1S/C9H8BrN3O2/c10-5-3-1-2-4-7(5)12-13-8(4)6(11)9(14)15/h1-3,6H,11H2,(H,12,13)(H,14,15). The van der Waals surface area contributed by atoms with E-state index in [0.29, 0.717) is 11.2 Å². The van der Waals surface area contributed by atoms with Gasteiger partial charge in [0.05, 0.1) is 5.69 Å². The number of nitrogens with two attached hydrogens (primary N) is 1. The molecule has 5 nitrogen and oxygen atoms in total. The van der Waals surface area contributed by atoms with Crippen LogP contribution in [0, 0.1) is 0 Å². The van der Waals surface area contributed by atoms with E-state index >= 15 is 0 Å². The first-order chi connectivity index (χ1) is 7.11. The molecule has 0 aliphatic carbocycles. The first kappa shape index (κ1) is 10.1. The molecule has 2 rings (SSSR count). The minimum absolute atomic E-state index is 0.416. The van der Waals surface area contributed by atoms with Gasteiger partial charge in [-0.2, -0.15) is 5.10 Å². The number of aliphatic carboxylic acids is 1. The Hall–Kier alpha value is -1.40. The summed E-state index contributed by atoms with van der Waals surface area (Å²) in [6.07, 6.45) is 0. The van der Waals surface area contributed by atoms with Crippen LogP contribution in [0.3, 0.4) is 0 Å². The third-order valence-electron chi connectivity index (χ3n) is 2.14. The molecule has 0 saturated heterocycles. The number of carboxylic acid groups (broad SMARTS) is 1. The van der Waals surface area contributed by atoms with Gasteiger partial charge in [-0.1, -0.05) is 12.1 Å². The Morgan fingerprint density at radius 1 is 1.60 bits per heavy atom. The number of nitrogens with zero attached hydrogens (tertiary/aromatic N) is 1. The maximum atomic E-state index is 10.7. The molecule has 0 aliphatic rings.